The molecule has 3 rings (SSSR count). The van der Waals surface area contributed by atoms with E-state index in [1.807, 2.05) is 12.1 Å². The molecule has 2 heterocycles. The number of amides is 1. The highest BCUT2D eigenvalue weighted by Gasteiger charge is 2.54. The molecule has 1 aliphatic carbocycles. The number of anilines is 1. The number of aromatic nitrogens is 1. The zero-order chi connectivity index (χ0) is 21.9. The Morgan fingerprint density at radius 2 is 2.17 bits per heavy atom. The molecule has 1 aromatic rings. The van der Waals surface area contributed by atoms with Crippen molar-refractivity contribution in [2.45, 2.75) is 56.8 Å². The molecule has 1 unspecified atom stereocenters. The number of allylic oxidation sites excluding steroid dienone is 3. The van der Waals surface area contributed by atoms with Crippen LogP contribution in [-0.2, 0) is 19.7 Å². The first kappa shape index (κ1) is 22.7. The quantitative estimate of drug-likeness (QED) is 0.337. The van der Waals surface area contributed by atoms with Crippen LogP contribution in [0, 0.1) is 0 Å². The van der Waals surface area contributed by atoms with Crippen LogP contribution in [0.2, 0.25) is 25.7 Å². The third-order valence-electron chi connectivity index (χ3n) is 5.66. The number of rotatable bonds is 9. The second-order valence-electron chi connectivity index (χ2n) is 9.18. The molecule has 2 aliphatic rings. The van der Waals surface area contributed by atoms with Gasteiger partial charge in [0.2, 0.25) is 5.91 Å². The Hall–Kier alpha value is -1.96. The lowest BCUT2D eigenvalue weighted by atomic mass is 9.79. The summed E-state index contributed by atoms with van der Waals surface area (Å²) >= 11 is 6.57. The van der Waals surface area contributed by atoms with E-state index in [1.54, 1.807) is 17.2 Å². The van der Waals surface area contributed by atoms with Gasteiger partial charge in [-0.1, -0.05) is 49.0 Å². The zero-order valence-electron chi connectivity index (χ0n) is 17.8. The van der Waals surface area contributed by atoms with Crippen molar-refractivity contribution in [2.75, 3.05) is 18.2 Å². The standard InChI is InChI=1S/C22H29ClN2O4Si/c1-30(2,3)12-11-29-15-25-20-17(8-6-10-24-20)22(21(25)28)13-16(18(23)14-22)7-4-5-9-19(26)27/h5-6,8-10H,4,7,11-15H2,1-3H3,(H,26,27). The molecule has 30 heavy (non-hydrogen) atoms. The maximum atomic E-state index is 13.5. The van der Waals surface area contributed by atoms with Crippen molar-refractivity contribution in [1.82, 2.24) is 4.98 Å². The van der Waals surface area contributed by atoms with Crippen molar-refractivity contribution in [3.63, 3.8) is 0 Å². The second kappa shape index (κ2) is 9.04. The molecule has 1 amide bonds. The van der Waals surface area contributed by atoms with Crippen LogP contribution < -0.4 is 4.90 Å². The van der Waals surface area contributed by atoms with Crippen LogP contribution in [0.5, 0.6) is 0 Å². The number of carboxylic acid groups (broad SMARTS) is 1. The van der Waals surface area contributed by atoms with E-state index >= 15 is 0 Å². The highest BCUT2D eigenvalue weighted by molar-refractivity contribution is 6.76. The number of carboxylic acids is 1. The molecule has 0 aromatic carbocycles. The smallest absolute Gasteiger partial charge is 0.327 e. The molecular formula is C22H29ClN2O4Si. The molecule has 6 nitrogen and oxygen atoms in total. The lowest BCUT2D eigenvalue weighted by Crippen LogP contribution is -2.40. The predicted octanol–water partition coefficient (Wildman–Crippen LogP) is 4.69. The summed E-state index contributed by atoms with van der Waals surface area (Å²) in [4.78, 5) is 30.3. The Labute approximate surface area is 183 Å². The van der Waals surface area contributed by atoms with Gasteiger partial charge in [0.25, 0.3) is 0 Å². The SMILES string of the molecule is C[Si](C)(C)CCOCN1C(=O)C2(CC(Cl)=C(CCC=CC(=O)O)C2)c2cccnc21. The van der Waals surface area contributed by atoms with E-state index in [0.717, 1.165) is 23.3 Å². The summed E-state index contributed by atoms with van der Waals surface area (Å²) < 4.78 is 5.87. The number of fused-ring (bicyclic) bond motifs is 2. The van der Waals surface area contributed by atoms with E-state index in [1.165, 1.54) is 0 Å². The highest BCUT2D eigenvalue weighted by atomic mass is 35.5. The molecule has 162 valence electrons. The number of pyridine rings is 1. The maximum absolute atomic E-state index is 13.5. The van der Waals surface area contributed by atoms with E-state index in [9.17, 15) is 9.59 Å². The minimum Gasteiger partial charge on any atom is -0.478 e. The van der Waals surface area contributed by atoms with Gasteiger partial charge in [0.05, 0.1) is 5.41 Å². The summed E-state index contributed by atoms with van der Waals surface area (Å²) in [6.45, 7) is 7.71. The molecule has 1 N–H and O–H groups in total. The zero-order valence-corrected chi connectivity index (χ0v) is 19.5. The number of carbonyl (C=O) groups is 2. The summed E-state index contributed by atoms with van der Waals surface area (Å²) in [5, 5.41) is 9.44. The molecule has 1 aliphatic heterocycles. The minimum atomic E-state index is -1.21. The van der Waals surface area contributed by atoms with Crippen molar-refractivity contribution < 1.29 is 19.4 Å². The number of halogens is 1. The Bertz CT molecular complexity index is 893. The van der Waals surface area contributed by atoms with Gasteiger partial charge in [-0.05, 0) is 31.4 Å². The van der Waals surface area contributed by atoms with Crippen LogP contribution in [0.4, 0.5) is 5.82 Å². The Morgan fingerprint density at radius 1 is 1.40 bits per heavy atom. The van der Waals surface area contributed by atoms with Gasteiger partial charge in [-0.2, -0.15) is 0 Å². The number of hydrogen-bond acceptors (Lipinski definition) is 4. The number of carbonyl (C=O) groups excluding carboxylic acids is 1. The van der Waals surface area contributed by atoms with Gasteiger partial charge in [0, 0.05) is 44.0 Å². The topological polar surface area (TPSA) is 79.7 Å². The molecule has 1 spiro atoms. The maximum Gasteiger partial charge on any atom is 0.327 e. The second-order valence-corrected chi connectivity index (χ2v) is 15.3. The summed E-state index contributed by atoms with van der Waals surface area (Å²) in [6, 6.07) is 4.85. The van der Waals surface area contributed by atoms with E-state index in [0.29, 0.717) is 43.1 Å². The lowest BCUT2D eigenvalue weighted by Gasteiger charge is -2.24. The first-order chi connectivity index (χ1) is 14.1. The van der Waals surface area contributed by atoms with Crippen molar-refractivity contribution in [3.05, 3.63) is 46.7 Å². The largest absolute Gasteiger partial charge is 0.478 e. The molecule has 0 bridgehead atoms. The van der Waals surface area contributed by atoms with E-state index < -0.39 is 19.5 Å². The summed E-state index contributed by atoms with van der Waals surface area (Å²) in [5.74, 6) is -0.320. The van der Waals surface area contributed by atoms with Crippen molar-refractivity contribution in [1.29, 1.82) is 0 Å². The van der Waals surface area contributed by atoms with Crippen LogP contribution in [0.1, 0.15) is 31.2 Å². The average molecular weight is 449 g/mol. The monoisotopic (exact) mass is 448 g/mol. The fraction of sp³-hybridized carbons (Fsp3) is 0.500. The minimum absolute atomic E-state index is 0.0153. The Balaban J connectivity index is 1.73. The van der Waals surface area contributed by atoms with Gasteiger partial charge in [-0.15, -0.1) is 0 Å². The first-order valence-corrected chi connectivity index (χ1v) is 14.3. The molecule has 0 radical (unpaired) electrons. The first-order valence-electron chi connectivity index (χ1n) is 10.3. The Kier molecular flexibility index (Phi) is 6.84. The van der Waals surface area contributed by atoms with Crippen LogP contribution >= 0.6 is 11.6 Å². The average Bonchev–Trinajstić information content (AvgIpc) is 3.11. The number of ether oxygens (including phenoxy) is 1. The van der Waals surface area contributed by atoms with Gasteiger partial charge in [-0.3, -0.25) is 9.69 Å². The molecular weight excluding hydrogens is 420 g/mol. The van der Waals surface area contributed by atoms with Crippen molar-refractivity contribution >= 4 is 37.4 Å². The van der Waals surface area contributed by atoms with Crippen LogP contribution in [0.25, 0.3) is 0 Å². The fourth-order valence-electron chi connectivity index (χ4n) is 4.03. The van der Waals surface area contributed by atoms with Crippen LogP contribution in [0.3, 0.4) is 0 Å². The van der Waals surface area contributed by atoms with Gasteiger partial charge >= 0.3 is 5.97 Å². The molecule has 0 fully saturated rings. The third-order valence-corrected chi connectivity index (χ3v) is 7.76. The van der Waals surface area contributed by atoms with Crippen molar-refractivity contribution in [3.8, 4) is 0 Å². The van der Waals surface area contributed by atoms with Crippen molar-refractivity contribution in [2.24, 2.45) is 0 Å². The van der Waals surface area contributed by atoms with E-state index in [4.69, 9.17) is 21.4 Å². The lowest BCUT2D eigenvalue weighted by molar-refractivity contribution is -0.131. The van der Waals surface area contributed by atoms with E-state index in [2.05, 4.69) is 24.6 Å². The van der Waals surface area contributed by atoms with Gasteiger partial charge < -0.3 is 9.84 Å². The number of aliphatic carboxylic acids is 1. The van der Waals surface area contributed by atoms with E-state index in [-0.39, 0.29) is 12.6 Å². The van der Waals surface area contributed by atoms with Gasteiger partial charge in [0.15, 0.2) is 0 Å². The molecule has 8 heteroatoms. The number of nitrogens with zero attached hydrogens (tertiary/aromatic N) is 2. The van der Waals surface area contributed by atoms with Crippen LogP contribution in [0.15, 0.2) is 41.1 Å². The van der Waals surface area contributed by atoms with Gasteiger partial charge in [-0.25, -0.2) is 9.78 Å². The molecule has 1 atom stereocenters. The molecule has 0 saturated carbocycles. The Morgan fingerprint density at radius 3 is 2.87 bits per heavy atom. The fourth-order valence-corrected chi connectivity index (χ4v) is 5.18. The summed E-state index contributed by atoms with van der Waals surface area (Å²) in [7, 11) is -1.21. The normalized spacial score (nSPS) is 21.3. The summed E-state index contributed by atoms with van der Waals surface area (Å²) in [5.41, 5.74) is 1.18. The van der Waals surface area contributed by atoms with Crippen LogP contribution in [-0.4, -0.2) is 43.4 Å². The number of hydrogen-bond donors (Lipinski definition) is 1. The molecule has 1 aromatic heterocycles. The summed E-state index contributed by atoms with van der Waals surface area (Å²) in [6.07, 6.45) is 6.66. The van der Waals surface area contributed by atoms with Gasteiger partial charge in [0.1, 0.15) is 12.5 Å². The predicted molar refractivity (Wildman–Crippen MR) is 120 cm³/mol. The highest BCUT2D eigenvalue weighted by Crippen LogP contribution is 2.54. The third kappa shape index (κ3) is 4.85. The molecule has 0 saturated heterocycles.